The summed E-state index contributed by atoms with van der Waals surface area (Å²) in [4.78, 5) is 17.9. The molecule has 9 heteroatoms. The molecular formula is C11H16N8O. The van der Waals surface area contributed by atoms with Crippen LogP contribution in [0.1, 0.15) is 28.2 Å². The van der Waals surface area contributed by atoms with Crippen molar-refractivity contribution in [1.82, 2.24) is 40.4 Å². The number of hydrogen-bond acceptors (Lipinski definition) is 6. The maximum absolute atomic E-state index is 12.2. The zero-order valence-corrected chi connectivity index (χ0v) is 11.4. The molecule has 0 unspecified atom stereocenters. The van der Waals surface area contributed by atoms with Gasteiger partial charge in [-0.05, 0) is 6.92 Å². The van der Waals surface area contributed by atoms with Crippen LogP contribution in [0.3, 0.4) is 0 Å². The van der Waals surface area contributed by atoms with Crippen LogP contribution in [0.25, 0.3) is 0 Å². The van der Waals surface area contributed by atoms with Gasteiger partial charge in [-0.2, -0.15) is 5.10 Å². The third-order valence-electron chi connectivity index (χ3n) is 3.23. The minimum atomic E-state index is -0.189. The lowest BCUT2D eigenvalue weighted by Gasteiger charge is -2.26. The van der Waals surface area contributed by atoms with Crippen LogP contribution < -0.4 is 5.32 Å². The highest BCUT2D eigenvalue weighted by Crippen LogP contribution is 2.11. The average Bonchev–Trinajstić information content (AvgIpc) is 2.96. The van der Waals surface area contributed by atoms with Crippen LogP contribution in [0.2, 0.25) is 0 Å². The molecule has 0 spiro atoms. The van der Waals surface area contributed by atoms with E-state index in [0.717, 1.165) is 18.9 Å². The molecule has 9 nitrogen and oxygen atoms in total. The van der Waals surface area contributed by atoms with Gasteiger partial charge in [-0.25, -0.2) is 9.67 Å². The molecule has 3 rings (SSSR count). The maximum atomic E-state index is 12.2. The number of aromatic amines is 1. The molecule has 1 saturated heterocycles. The summed E-state index contributed by atoms with van der Waals surface area (Å²) in [7, 11) is 1.69. The van der Waals surface area contributed by atoms with Gasteiger partial charge in [0.2, 0.25) is 0 Å². The molecule has 2 N–H and O–H groups in total. The third-order valence-corrected chi connectivity index (χ3v) is 3.23. The lowest BCUT2D eigenvalue weighted by molar-refractivity contribution is 0.0775. The predicted octanol–water partition coefficient (Wildman–Crippen LogP) is -0.879. The summed E-state index contributed by atoms with van der Waals surface area (Å²) in [6.07, 6.45) is 1.69. The van der Waals surface area contributed by atoms with Gasteiger partial charge in [0.25, 0.3) is 5.91 Å². The van der Waals surface area contributed by atoms with E-state index in [0.29, 0.717) is 24.1 Å². The number of aryl methyl sites for hydroxylation is 1. The van der Waals surface area contributed by atoms with Crippen LogP contribution in [-0.4, -0.2) is 61.1 Å². The van der Waals surface area contributed by atoms with E-state index in [2.05, 4.69) is 30.8 Å². The molecule has 1 aliphatic rings. The molecule has 3 heterocycles. The molecule has 0 aliphatic carbocycles. The molecule has 20 heavy (non-hydrogen) atoms. The van der Waals surface area contributed by atoms with Crippen molar-refractivity contribution in [2.45, 2.75) is 19.5 Å². The number of nitrogens with zero attached hydrogens (tertiary/aromatic N) is 6. The first-order valence-electron chi connectivity index (χ1n) is 6.39. The Kier molecular flexibility index (Phi) is 3.18. The Morgan fingerprint density at radius 2 is 2.35 bits per heavy atom. The molecule has 1 amide bonds. The molecule has 1 aliphatic heterocycles. The quantitative estimate of drug-likeness (QED) is 0.751. The summed E-state index contributed by atoms with van der Waals surface area (Å²) < 4.78 is 1.73. The van der Waals surface area contributed by atoms with Crippen molar-refractivity contribution < 1.29 is 4.79 Å². The van der Waals surface area contributed by atoms with E-state index < -0.39 is 0 Å². The normalized spacial score (nSPS) is 15.1. The van der Waals surface area contributed by atoms with Gasteiger partial charge in [-0.3, -0.25) is 9.89 Å². The third kappa shape index (κ3) is 2.39. The van der Waals surface area contributed by atoms with Crippen LogP contribution >= 0.6 is 0 Å². The van der Waals surface area contributed by atoms with Gasteiger partial charge in [0.15, 0.2) is 11.5 Å². The van der Waals surface area contributed by atoms with Gasteiger partial charge in [-0.15, -0.1) is 5.10 Å². The number of hydrogen-bond donors (Lipinski definition) is 2. The lowest BCUT2D eigenvalue weighted by atomic mass is 10.2. The smallest absolute Gasteiger partial charge is 0.276 e. The Balaban J connectivity index is 1.66. The molecule has 106 valence electrons. The van der Waals surface area contributed by atoms with E-state index in [-0.39, 0.29) is 5.91 Å². The van der Waals surface area contributed by atoms with E-state index in [1.807, 2.05) is 6.92 Å². The maximum Gasteiger partial charge on any atom is 0.276 e. The molecule has 0 radical (unpaired) electrons. The average molecular weight is 276 g/mol. The van der Waals surface area contributed by atoms with Crippen LogP contribution in [0, 0.1) is 6.92 Å². The van der Waals surface area contributed by atoms with Gasteiger partial charge >= 0.3 is 0 Å². The zero-order valence-electron chi connectivity index (χ0n) is 11.4. The first-order valence-corrected chi connectivity index (χ1v) is 6.39. The van der Waals surface area contributed by atoms with E-state index in [4.69, 9.17) is 0 Å². The SMILES string of the molecule is Cc1nc(CN(C)C(=O)c2cn(C3CNC3)nn2)n[nH]1. The van der Waals surface area contributed by atoms with Crippen LogP contribution in [0.5, 0.6) is 0 Å². The summed E-state index contributed by atoms with van der Waals surface area (Å²) in [5.74, 6) is 1.11. The first kappa shape index (κ1) is 12.7. The Hall–Kier alpha value is -2.29. The molecule has 2 aromatic heterocycles. The minimum Gasteiger partial charge on any atom is -0.333 e. The van der Waals surface area contributed by atoms with E-state index in [1.54, 1.807) is 17.9 Å². The van der Waals surface area contributed by atoms with Crippen molar-refractivity contribution in [1.29, 1.82) is 0 Å². The largest absolute Gasteiger partial charge is 0.333 e. The molecule has 0 bridgehead atoms. The monoisotopic (exact) mass is 276 g/mol. The van der Waals surface area contributed by atoms with Gasteiger partial charge in [-0.1, -0.05) is 5.21 Å². The van der Waals surface area contributed by atoms with E-state index in [1.165, 1.54) is 4.90 Å². The minimum absolute atomic E-state index is 0.189. The number of carbonyl (C=O) groups excluding carboxylic acids is 1. The fourth-order valence-corrected chi connectivity index (χ4v) is 1.95. The Bertz CT molecular complexity index is 613. The fourth-order valence-electron chi connectivity index (χ4n) is 1.95. The van der Waals surface area contributed by atoms with Crippen LogP contribution in [0.4, 0.5) is 0 Å². The number of nitrogens with one attached hydrogen (secondary N) is 2. The van der Waals surface area contributed by atoms with Crippen molar-refractivity contribution in [3.63, 3.8) is 0 Å². The second-order valence-corrected chi connectivity index (χ2v) is 4.89. The Morgan fingerprint density at radius 1 is 1.55 bits per heavy atom. The predicted molar refractivity (Wildman–Crippen MR) is 68.8 cm³/mol. The van der Waals surface area contributed by atoms with Crippen LogP contribution in [0.15, 0.2) is 6.20 Å². The number of aromatic nitrogens is 6. The highest BCUT2D eigenvalue weighted by molar-refractivity contribution is 5.91. The molecule has 0 atom stereocenters. The first-order chi connectivity index (χ1) is 9.63. The number of amides is 1. The van der Waals surface area contributed by atoms with Crippen molar-refractivity contribution in [3.05, 3.63) is 23.5 Å². The Morgan fingerprint density at radius 3 is 2.95 bits per heavy atom. The van der Waals surface area contributed by atoms with E-state index >= 15 is 0 Å². The summed E-state index contributed by atoms with van der Waals surface area (Å²) in [5, 5.41) is 17.8. The highest BCUT2D eigenvalue weighted by atomic mass is 16.2. The molecular weight excluding hydrogens is 260 g/mol. The second-order valence-electron chi connectivity index (χ2n) is 4.89. The van der Waals surface area contributed by atoms with Gasteiger partial charge in [0.05, 0.1) is 18.8 Å². The standard InChI is InChI=1S/C11H16N8O/c1-7-13-10(16-14-7)6-18(2)11(20)9-5-19(17-15-9)8-3-12-4-8/h5,8,12H,3-4,6H2,1-2H3,(H,13,14,16). The molecule has 0 aromatic carbocycles. The summed E-state index contributed by atoms with van der Waals surface area (Å²) in [6, 6.07) is 0.296. The van der Waals surface area contributed by atoms with Crippen LogP contribution in [-0.2, 0) is 6.54 Å². The van der Waals surface area contributed by atoms with Gasteiger partial charge in [0, 0.05) is 20.1 Å². The van der Waals surface area contributed by atoms with Crippen molar-refractivity contribution in [3.8, 4) is 0 Å². The molecule has 1 fully saturated rings. The Labute approximate surface area is 115 Å². The summed E-state index contributed by atoms with van der Waals surface area (Å²) in [5.41, 5.74) is 0.339. The number of rotatable bonds is 4. The van der Waals surface area contributed by atoms with Crippen molar-refractivity contribution in [2.24, 2.45) is 0 Å². The molecule has 2 aromatic rings. The highest BCUT2D eigenvalue weighted by Gasteiger charge is 2.23. The molecule has 0 saturated carbocycles. The summed E-state index contributed by atoms with van der Waals surface area (Å²) in [6.45, 7) is 3.88. The lowest BCUT2D eigenvalue weighted by Crippen LogP contribution is -2.43. The number of carbonyl (C=O) groups is 1. The number of H-pyrrole nitrogens is 1. The van der Waals surface area contributed by atoms with Crippen molar-refractivity contribution >= 4 is 5.91 Å². The second kappa shape index (κ2) is 5.00. The fraction of sp³-hybridized carbons (Fsp3) is 0.545. The van der Waals surface area contributed by atoms with Gasteiger partial charge < -0.3 is 10.2 Å². The summed E-state index contributed by atoms with van der Waals surface area (Å²) >= 11 is 0. The van der Waals surface area contributed by atoms with Gasteiger partial charge in [0.1, 0.15) is 5.82 Å². The topological polar surface area (TPSA) is 105 Å². The van der Waals surface area contributed by atoms with E-state index in [9.17, 15) is 4.79 Å². The van der Waals surface area contributed by atoms with Crippen molar-refractivity contribution in [2.75, 3.05) is 20.1 Å². The zero-order chi connectivity index (χ0) is 14.1.